The summed E-state index contributed by atoms with van der Waals surface area (Å²) in [6.45, 7) is 4.39. The van der Waals surface area contributed by atoms with Crippen LogP contribution in [0.25, 0.3) is 0 Å². The third-order valence-corrected chi connectivity index (χ3v) is 5.68. The van der Waals surface area contributed by atoms with Gasteiger partial charge in [-0.25, -0.2) is 0 Å². The molecular weight excluding hydrogens is 278 g/mol. The van der Waals surface area contributed by atoms with E-state index in [2.05, 4.69) is 43.0 Å². The van der Waals surface area contributed by atoms with Crippen LogP contribution in [0, 0.1) is 12.8 Å². The molecule has 0 N–H and O–H groups in total. The van der Waals surface area contributed by atoms with Crippen LogP contribution >= 0.6 is 11.8 Å². The Labute approximate surface area is 132 Å². The number of thioether (sulfide) groups is 1. The van der Waals surface area contributed by atoms with E-state index in [1.807, 2.05) is 0 Å². The molecule has 2 fully saturated rings. The molecule has 1 unspecified atom stereocenters. The molecule has 3 heteroatoms. The molecule has 3 rings (SSSR count). The van der Waals surface area contributed by atoms with Crippen LogP contribution in [0.1, 0.15) is 43.7 Å². The quantitative estimate of drug-likeness (QED) is 0.758. The summed E-state index contributed by atoms with van der Waals surface area (Å²) in [7, 11) is 0. The summed E-state index contributed by atoms with van der Waals surface area (Å²) in [5.74, 6) is 2.70. The normalized spacial score (nSPS) is 19.3. The van der Waals surface area contributed by atoms with Crippen molar-refractivity contribution in [2.24, 2.45) is 5.92 Å². The molecular formula is C18H25NOS. The van der Waals surface area contributed by atoms with E-state index in [0.29, 0.717) is 23.7 Å². The fourth-order valence-electron chi connectivity index (χ4n) is 3.02. The third-order valence-electron chi connectivity index (χ3n) is 4.72. The monoisotopic (exact) mass is 303 g/mol. The van der Waals surface area contributed by atoms with Crippen LogP contribution in [0.15, 0.2) is 24.3 Å². The molecule has 2 saturated carbocycles. The molecule has 1 atom stereocenters. The lowest BCUT2D eigenvalue weighted by Gasteiger charge is -2.29. The van der Waals surface area contributed by atoms with Crippen LogP contribution in [0.4, 0.5) is 0 Å². The fraction of sp³-hybridized carbons (Fsp3) is 0.611. The SMILES string of the molecule is Cc1ccccc1CSCC(=O)N(C1CC1)C(C)C1CC1. The Kier molecular flexibility index (Phi) is 4.58. The first-order valence-electron chi connectivity index (χ1n) is 8.10. The van der Waals surface area contributed by atoms with Gasteiger partial charge in [-0.05, 0) is 56.6 Å². The van der Waals surface area contributed by atoms with Gasteiger partial charge in [0.25, 0.3) is 0 Å². The summed E-state index contributed by atoms with van der Waals surface area (Å²) in [6.07, 6.45) is 5.05. The largest absolute Gasteiger partial charge is 0.336 e. The predicted octanol–water partition coefficient (Wildman–Crippen LogP) is 4.02. The Morgan fingerprint density at radius 2 is 2.00 bits per heavy atom. The van der Waals surface area contributed by atoms with Gasteiger partial charge in [0.15, 0.2) is 0 Å². The molecule has 0 aromatic heterocycles. The standard InChI is InChI=1S/C18H25NOS/c1-13-5-3-4-6-16(13)11-21-12-18(20)19(17-9-10-17)14(2)15-7-8-15/h3-6,14-15,17H,7-12H2,1-2H3. The van der Waals surface area contributed by atoms with Gasteiger partial charge >= 0.3 is 0 Å². The maximum Gasteiger partial charge on any atom is 0.233 e. The van der Waals surface area contributed by atoms with Crippen molar-refractivity contribution in [3.8, 4) is 0 Å². The molecule has 1 aromatic rings. The van der Waals surface area contributed by atoms with Crippen molar-refractivity contribution in [2.45, 2.75) is 57.4 Å². The van der Waals surface area contributed by atoms with Gasteiger partial charge < -0.3 is 4.90 Å². The molecule has 1 aromatic carbocycles. The average molecular weight is 303 g/mol. The van der Waals surface area contributed by atoms with Gasteiger partial charge in [0.05, 0.1) is 5.75 Å². The van der Waals surface area contributed by atoms with Crippen LogP contribution < -0.4 is 0 Å². The smallest absolute Gasteiger partial charge is 0.233 e. The van der Waals surface area contributed by atoms with Gasteiger partial charge in [-0.15, -0.1) is 11.8 Å². The zero-order valence-corrected chi connectivity index (χ0v) is 13.9. The minimum Gasteiger partial charge on any atom is -0.336 e. The number of hydrogen-bond donors (Lipinski definition) is 0. The van der Waals surface area contributed by atoms with Gasteiger partial charge in [0.2, 0.25) is 5.91 Å². The highest BCUT2D eigenvalue weighted by Gasteiger charge is 2.41. The summed E-state index contributed by atoms with van der Waals surface area (Å²) >= 11 is 1.76. The van der Waals surface area contributed by atoms with Crippen molar-refractivity contribution in [2.75, 3.05) is 5.75 Å². The van der Waals surface area contributed by atoms with Crippen molar-refractivity contribution >= 4 is 17.7 Å². The summed E-state index contributed by atoms with van der Waals surface area (Å²) in [4.78, 5) is 14.8. The average Bonchev–Trinajstić information content (AvgIpc) is 3.34. The van der Waals surface area contributed by atoms with Crippen LogP contribution in [-0.4, -0.2) is 28.6 Å². The molecule has 0 saturated heterocycles. The number of hydrogen-bond acceptors (Lipinski definition) is 2. The van der Waals surface area contributed by atoms with E-state index in [9.17, 15) is 4.79 Å². The highest BCUT2D eigenvalue weighted by molar-refractivity contribution is 7.99. The predicted molar refractivity (Wildman–Crippen MR) is 89.4 cm³/mol. The van der Waals surface area contributed by atoms with Crippen LogP contribution in [0.3, 0.4) is 0 Å². The zero-order chi connectivity index (χ0) is 14.8. The maximum atomic E-state index is 12.6. The van der Waals surface area contributed by atoms with Gasteiger partial charge in [-0.2, -0.15) is 0 Å². The topological polar surface area (TPSA) is 20.3 Å². The van der Waals surface area contributed by atoms with E-state index in [0.717, 1.165) is 11.7 Å². The molecule has 2 nitrogen and oxygen atoms in total. The van der Waals surface area contributed by atoms with Crippen molar-refractivity contribution in [3.05, 3.63) is 35.4 Å². The van der Waals surface area contributed by atoms with Crippen molar-refractivity contribution < 1.29 is 4.79 Å². The highest BCUT2D eigenvalue weighted by atomic mass is 32.2. The number of carbonyl (C=O) groups is 1. The van der Waals surface area contributed by atoms with E-state index < -0.39 is 0 Å². The molecule has 2 aliphatic rings. The van der Waals surface area contributed by atoms with Gasteiger partial charge in [0, 0.05) is 17.8 Å². The molecule has 0 aliphatic heterocycles. The Balaban J connectivity index is 1.51. The molecule has 1 amide bonds. The Bertz CT molecular complexity index is 508. The van der Waals surface area contributed by atoms with Gasteiger partial charge in [0.1, 0.15) is 0 Å². The summed E-state index contributed by atoms with van der Waals surface area (Å²) in [5.41, 5.74) is 2.67. The van der Waals surface area contributed by atoms with E-state index >= 15 is 0 Å². The second kappa shape index (κ2) is 6.43. The second-order valence-corrected chi connectivity index (χ2v) is 7.52. The lowest BCUT2D eigenvalue weighted by Crippen LogP contribution is -2.42. The Morgan fingerprint density at radius 1 is 1.29 bits per heavy atom. The maximum absolute atomic E-state index is 12.6. The Hall–Kier alpha value is -0.960. The number of amides is 1. The number of benzene rings is 1. The van der Waals surface area contributed by atoms with Crippen LogP contribution in [0.5, 0.6) is 0 Å². The number of rotatable bonds is 7. The molecule has 0 radical (unpaired) electrons. The molecule has 0 spiro atoms. The van der Waals surface area contributed by atoms with Crippen molar-refractivity contribution in [3.63, 3.8) is 0 Å². The number of aryl methyl sites for hydroxylation is 1. The summed E-state index contributed by atoms with van der Waals surface area (Å²) < 4.78 is 0. The first kappa shape index (κ1) is 15.0. The second-order valence-electron chi connectivity index (χ2n) is 6.53. The van der Waals surface area contributed by atoms with Gasteiger partial charge in [-0.3, -0.25) is 4.79 Å². The van der Waals surface area contributed by atoms with E-state index in [1.165, 1.54) is 36.8 Å². The first-order chi connectivity index (χ1) is 10.2. The van der Waals surface area contributed by atoms with E-state index in [-0.39, 0.29) is 0 Å². The first-order valence-corrected chi connectivity index (χ1v) is 9.25. The molecule has 2 aliphatic carbocycles. The lowest BCUT2D eigenvalue weighted by atomic mass is 10.1. The third kappa shape index (κ3) is 3.82. The van der Waals surface area contributed by atoms with Crippen LogP contribution in [0.2, 0.25) is 0 Å². The zero-order valence-electron chi connectivity index (χ0n) is 13.0. The van der Waals surface area contributed by atoms with E-state index in [1.54, 1.807) is 11.8 Å². The molecule has 114 valence electrons. The summed E-state index contributed by atoms with van der Waals surface area (Å²) in [5, 5.41) is 0. The molecule has 0 bridgehead atoms. The van der Waals surface area contributed by atoms with Crippen LogP contribution in [-0.2, 0) is 10.5 Å². The summed E-state index contributed by atoms with van der Waals surface area (Å²) in [6, 6.07) is 9.47. The van der Waals surface area contributed by atoms with Gasteiger partial charge in [-0.1, -0.05) is 24.3 Å². The fourth-order valence-corrected chi connectivity index (χ4v) is 3.99. The lowest BCUT2D eigenvalue weighted by molar-refractivity contribution is -0.131. The minimum absolute atomic E-state index is 0.357. The molecule has 0 heterocycles. The van der Waals surface area contributed by atoms with Crippen molar-refractivity contribution in [1.82, 2.24) is 4.90 Å². The minimum atomic E-state index is 0.357. The Morgan fingerprint density at radius 3 is 2.62 bits per heavy atom. The number of nitrogens with zero attached hydrogens (tertiary/aromatic N) is 1. The number of carbonyl (C=O) groups excluding carboxylic acids is 1. The van der Waals surface area contributed by atoms with E-state index in [4.69, 9.17) is 0 Å². The van der Waals surface area contributed by atoms with Crippen molar-refractivity contribution in [1.29, 1.82) is 0 Å². The molecule has 21 heavy (non-hydrogen) atoms. The highest BCUT2D eigenvalue weighted by Crippen LogP contribution is 2.40.